The standard InChI is InChI=1S/C16H24N4O/c1-5-10-21-15-8-6-14(7-9-15)16(17-4)11-20-13(3)18-12(2)19-20/h6-9,16-17H,5,10-11H2,1-4H3. The van der Waals surface area contributed by atoms with Crippen LogP contribution in [0, 0.1) is 13.8 Å². The Morgan fingerprint density at radius 2 is 1.95 bits per heavy atom. The van der Waals surface area contributed by atoms with Crippen molar-refractivity contribution in [1.29, 1.82) is 0 Å². The minimum absolute atomic E-state index is 0.199. The molecule has 0 aliphatic rings. The summed E-state index contributed by atoms with van der Waals surface area (Å²) in [6.07, 6.45) is 1.02. The van der Waals surface area contributed by atoms with Crippen molar-refractivity contribution in [2.24, 2.45) is 0 Å². The molecular formula is C16H24N4O. The summed E-state index contributed by atoms with van der Waals surface area (Å²) in [4.78, 5) is 4.34. The second-order valence-corrected chi connectivity index (χ2v) is 5.15. The van der Waals surface area contributed by atoms with Gasteiger partial charge in [0.05, 0.1) is 19.2 Å². The van der Waals surface area contributed by atoms with Crippen molar-refractivity contribution in [3.63, 3.8) is 0 Å². The van der Waals surface area contributed by atoms with Gasteiger partial charge in [0.2, 0.25) is 0 Å². The zero-order valence-corrected chi connectivity index (χ0v) is 13.3. The molecule has 5 nitrogen and oxygen atoms in total. The highest BCUT2D eigenvalue weighted by Gasteiger charge is 2.13. The molecule has 1 N–H and O–H groups in total. The van der Waals surface area contributed by atoms with Crippen LogP contribution in [-0.2, 0) is 6.54 Å². The lowest BCUT2D eigenvalue weighted by Gasteiger charge is -2.17. The summed E-state index contributed by atoms with van der Waals surface area (Å²) in [6.45, 7) is 7.52. The SMILES string of the molecule is CCCOc1ccc(C(Cn2nc(C)nc2C)NC)cc1. The van der Waals surface area contributed by atoms with Gasteiger partial charge in [0.15, 0.2) is 0 Å². The molecule has 0 spiro atoms. The lowest BCUT2D eigenvalue weighted by Crippen LogP contribution is -2.23. The molecule has 0 saturated carbocycles. The topological polar surface area (TPSA) is 52.0 Å². The third-order valence-corrected chi connectivity index (χ3v) is 3.42. The lowest BCUT2D eigenvalue weighted by molar-refractivity contribution is 0.317. The van der Waals surface area contributed by atoms with Crippen LogP contribution in [0.15, 0.2) is 24.3 Å². The van der Waals surface area contributed by atoms with Gasteiger partial charge in [0, 0.05) is 0 Å². The molecule has 1 atom stereocenters. The fraction of sp³-hybridized carbons (Fsp3) is 0.500. The summed E-state index contributed by atoms with van der Waals surface area (Å²) < 4.78 is 7.56. The molecule has 0 amide bonds. The van der Waals surface area contributed by atoms with Crippen molar-refractivity contribution in [1.82, 2.24) is 20.1 Å². The van der Waals surface area contributed by atoms with Crippen molar-refractivity contribution < 1.29 is 4.74 Å². The predicted octanol–water partition coefficient (Wildman–Crippen LogP) is 2.64. The number of hydrogen-bond donors (Lipinski definition) is 1. The minimum atomic E-state index is 0.199. The van der Waals surface area contributed by atoms with Crippen LogP contribution in [0.25, 0.3) is 0 Å². The van der Waals surface area contributed by atoms with Crippen molar-refractivity contribution in [3.8, 4) is 5.75 Å². The average molecular weight is 288 g/mol. The zero-order valence-electron chi connectivity index (χ0n) is 13.3. The Morgan fingerprint density at radius 3 is 2.48 bits per heavy atom. The Bertz CT molecular complexity index is 562. The number of ether oxygens (including phenoxy) is 1. The maximum atomic E-state index is 5.62. The van der Waals surface area contributed by atoms with Gasteiger partial charge in [-0.05, 0) is 45.0 Å². The van der Waals surface area contributed by atoms with Gasteiger partial charge >= 0.3 is 0 Å². The highest BCUT2D eigenvalue weighted by atomic mass is 16.5. The molecule has 5 heteroatoms. The van der Waals surface area contributed by atoms with Crippen molar-refractivity contribution >= 4 is 0 Å². The van der Waals surface area contributed by atoms with Gasteiger partial charge < -0.3 is 10.1 Å². The van der Waals surface area contributed by atoms with Crippen molar-refractivity contribution in [2.75, 3.05) is 13.7 Å². The summed E-state index contributed by atoms with van der Waals surface area (Å²) in [5.41, 5.74) is 1.22. The molecule has 1 unspecified atom stereocenters. The van der Waals surface area contributed by atoms with Crippen LogP contribution in [0.2, 0.25) is 0 Å². The molecule has 2 rings (SSSR count). The van der Waals surface area contributed by atoms with E-state index in [4.69, 9.17) is 4.74 Å². The Hall–Kier alpha value is -1.88. The molecule has 21 heavy (non-hydrogen) atoms. The fourth-order valence-electron chi connectivity index (χ4n) is 2.29. The van der Waals surface area contributed by atoms with Crippen molar-refractivity contribution in [3.05, 3.63) is 41.5 Å². The van der Waals surface area contributed by atoms with Gasteiger partial charge in [0.25, 0.3) is 0 Å². The number of nitrogens with one attached hydrogen (secondary N) is 1. The molecule has 1 heterocycles. The summed E-state index contributed by atoms with van der Waals surface area (Å²) in [5.74, 6) is 2.67. The van der Waals surface area contributed by atoms with Gasteiger partial charge in [-0.25, -0.2) is 9.67 Å². The third kappa shape index (κ3) is 4.04. The first-order valence-electron chi connectivity index (χ1n) is 7.42. The molecule has 1 aromatic carbocycles. The fourth-order valence-corrected chi connectivity index (χ4v) is 2.29. The molecule has 2 aromatic rings. The molecule has 0 radical (unpaired) electrons. The number of nitrogens with zero attached hydrogens (tertiary/aromatic N) is 3. The van der Waals surface area contributed by atoms with Gasteiger partial charge in [-0.1, -0.05) is 19.1 Å². The smallest absolute Gasteiger partial charge is 0.147 e. The molecule has 1 aromatic heterocycles. The quantitative estimate of drug-likeness (QED) is 0.851. The van der Waals surface area contributed by atoms with Gasteiger partial charge in [-0.3, -0.25) is 0 Å². The minimum Gasteiger partial charge on any atom is -0.494 e. The van der Waals surface area contributed by atoms with E-state index in [9.17, 15) is 0 Å². The van der Waals surface area contributed by atoms with Crippen LogP contribution in [0.5, 0.6) is 5.75 Å². The molecule has 0 saturated heterocycles. The van der Waals surface area contributed by atoms with E-state index in [-0.39, 0.29) is 6.04 Å². The maximum absolute atomic E-state index is 5.62. The van der Waals surface area contributed by atoms with E-state index in [0.29, 0.717) is 0 Å². The van der Waals surface area contributed by atoms with E-state index in [0.717, 1.165) is 37.0 Å². The van der Waals surface area contributed by atoms with Gasteiger partial charge in [-0.2, -0.15) is 5.10 Å². The van der Waals surface area contributed by atoms with E-state index >= 15 is 0 Å². The molecule has 0 fully saturated rings. The van der Waals surface area contributed by atoms with Crippen LogP contribution in [0.4, 0.5) is 0 Å². The number of likely N-dealkylation sites (N-methyl/N-ethyl adjacent to an activating group) is 1. The van der Waals surface area contributed by atoms with E-state index in [1.807, 2.05) is 37.7 Å². The molecule has 0 aliphatic heterocycles. The maximum Gasteiger partial charge on any atom is 0.147 e. The second-order valence-electron chi connectivity index (χ2n) is 5.15. The lowest BCUT2D eigenvalue weighted by atomic mass is 10.1. The molecule has 0 aliphatic carbocycles. The van der Waals surface area contributed by atoms with Gasteiger partial charge in [0.1, 0.15) is 17.4 Å². The first-order chi connectivity index (χ1) is 10.1. The average Bonchev–Trinajstić information content (AvgIpc) is 2.81. The Balaban J connectivity index is 2.08. The van der Waals surface area contributed by atoms with Crippen LogP contribution in [0.1, 0.15) is 36.6 Å². The zero-order chi connectivity index (χ0) is 15.2. The summed E-state index contributed by atoms with van der Waals surface area (Å²) in [7, 11) is 1.96. The predicted molar refractivity (Wildman–Crippen MR) is 83.5 cm³/mol. The van der Waals surface area contributed by atoms with Crippen molar-refractivity contribution in [2.45, 2.75) is 39.8 Å². The van der Waals surface area contributed by atoms with E-state index in [1.165, 1.54) is 5.56 Å². The second kappa shape index (κ2) is 7.22. The molecular weight excluding hydrogens is 264 g/mol. The summed E-state index contributed by atoms with van der Waals surface area (Å²) in [5, 5.41) is 7.76. The monoisotopic (exact) mass is 288 g/mol. The number of aryl methyl sites for hydroxylation is 2. The Labute approximate surface area is 126 Å². The largest absolute Gasteiger partial charge is 0.494 e. The molecule has 114 valence electrons. The summed E-state index contributed by atoms with van der Waals surface area (Å²) in [6, 6.07) is 8.45. The van der Waals surface area contributed by atoms with Crippen LogP contribution in [0.3, 0.4) is 0 Å². The summed E-state index contributed by atoms with van der Waals surface area (Å²) >= 11 is 0. The number of rotatable bonds is 7. The number of hydrogen-bond acceptors (Lipinski definition) is 4. The van der Waals surface area contributed by atoms with Gasteiger partial charge in [-0.15, -0.1) is 0 Å². The Morgan fingerprint density at radius 1 is 1.24 bits per heavy atom. The molecule has 0 bridgehead atoms. The van der Waals surface area contributed by atoms with Crippen LogP contribution < -0.4 is 10.1 Å². The van der Waals surface area contributed by atoms with E-state index in [1.54, 1.807) is 0 Å². The first kappa shape index (κ1) is 15.5. The van der Waals surface area contributed by atoms with E-state index in [2.05, 4.69) is 34.5 Å². The first-order valence-corrected chi connectivity index (χ1v) is 7.42. The number of aromatic nitrogens is 3. The Kier molecular flexibility index (Phi) is 5.33. The van der Waals surface area contributed by atoms with Crippen LogP contribution in [-0.4, -0.2) is 28.4 Å². The van der Waals surface area contributed by atoms with Crippen LogP contribution >= 0.6 is 0 Å². The number of benzene rings is 1. The normalized spacial score (nSPS) is 12.4. The third-order valence-electron chi connectivity index (χ3n) is 3.42. The highest BCUT2D eigenvalue weighted by Crippen LogP contribution is 2.19. The highest BCUT2D eigenvalue weighted by molar-refractivity contribution is 5.29. The van der Waals surface area contributed by atoms with E-state index < -0.39 is 0 Å².